The van der Waals surface area contributed by atoms with Crippen molar-refractivity contribution in [2.45, 2.75) is 13.1 Å². The number of hydrogen-bond acceptors (Lipinski definition) is 2. The van der Waals surface area contributed by atoms with Gasteiger partial charge in [-0.05, 0) is 11.6 Å². The first kappa shape index (κ1) is 13.1. The van der Waals surface area contributed by atoms with Crippen molar-refractivity contribution in [1.29, 1.82) is 0 Å². The molecule has 2 rings (SSSR count). The summed E-state index contributed by atoms with van der Waals surface area (Å²) >= 11 is 0. The largest absolute Gasteiger partial charge is 0.355 e. The van der Waals surface area contributed by atoms with Gasteiger partial charge < -0.3 is 10.6 Å². The van der Waals surface area contributed by atoms with Gasteiger partial charge in [0.05, 0.1) is 6.54 Å². The Morgan fingerprint density at radius 3 is 2.74 bits per heavy atom. The van der Waals surface area contributed by atoms with E-state index in [1.807, 2.05) is 35.1 Å². The van der Waals surface area contributed by atoms with Crippen LogP contribution in [0.25, 0.3) is 0 Å². The zero-order valence-corrected chi connectivity index (χ0v) is 11.1. The molecule has 5 nitrogen and oxygen atoms in total. The minimum Gasteiger partial charge on any atom is -0.355 e. The smallest absolute Gasteiger partial charge is 0.191 e. The molecule has 0 spiro atoms. The summed E-state index contributed by atoms with van der Waals surface area (Å²) in [7, 11) is 1.77. The van der Waals surface area contributed by atoms with Crippen LogP contribution in [-0.4, -0.2) is 29.3 Å². The van der Waals surface area contributed by atoms with E-state index in [2.05, 4.69) is 32.9 Å². The Hall–Kier alpha value is -2.30. The van der Waals surface area contributed by atoms with E-state index in [1.165, 1.54) is 5.56 Å². The molecule has 100 valence electrons. The first-order valence-electron chi connectivity index (χ1n) is 6.34. The molecule has 5 heteroatoms. The maximum Gasteiger partial charge on any atom is 0.191 e. The van der Waals surface area contributed by atoms with Crippen molar-refractivity contribution >= 4 is 5.96 Å². The Labute approximate surface area is 113 Å². The Morgan fingerprint density at radius 1 is 1.21 bits per heavy atom. The minimum atomic E-state index is 0.766. The predicted molar refractivity (Wildman–Crippen MR) is 76.9 cm³/mol. The van der Waals surface area contributed by atoms with Gasteiger partial charge in [-0.1, -0.05) is 30.3 Å². The molecule has 0 aliphatic heterocycles. The third-order valence-corrected chi connectivity index (χ3v) is 2.72. The monoisotopic (exact) mass is 257 g/mol. The third kappa shape index (κ3) is 4.46. The first-order chi connectivity index (χ1) is 9.38. The summed E-state index contributed by atoms with van der Waals surface area (Å²) in [5.41, 5.74) is 1.23. The fourth-order valence-electron chi connectivity index (χ4n) is 1.72. The van der Waals surface area contributed by atoms with Gasteiger partial charge in [0.15, 0.2) is 5.96 Å². The summed E-state index contributed by atoms with van der Waals surface area (Å²) in [6, 6.07) is 12.2. The molecular formula is C14H19N5. The average Bonchev–Trinajstić information content (AvgIpc) is 2.97. The molecule has 0 radical (unpaired) electrons. The summed E-state index contributed by atoms with van der Waals surface area (Å²) in [5, 5.41) is 10.7. The van der Waals surface area contributed by atoms with Crippen LogP contribution in [0.1, 0.15) is 5.56 Å². The number of guanidine groups is 1. The van der Waals surface area contributed by atoms with Crippen molar-refractivity contribution in [2.24, 2.45) is 4.99 Å². The molecule has 0 bridgehead atoms. The standard InChI is InChI=1S/C14H19N5/c1-15-14(16-9-11-19-10-5-8-18-19)17-12-13-6-3-2-4-7-13/h2-8,10H,9,11-12H2,1H3,(H2,15,16,17). The van der Waals surface area contributed by atoms with Crippen LogP contribution in [0.3, 0.4) is 0 Å². The van der Waals surface area contributed by atoms with Crippen LogP contribution in [0.5, 0.6) is 0 Å². The number of nitrogens with one attached hydrogen (secondary N) is 2. The van der Waals surface area contributed by atoms with Gasteiger partial charge in [-0.25, -0.2) is 0 Å². The van der Waals surface area contributed by atoms with Gasteiger partial charge in [0.25, 0.3) is 0 Å². The zero-order valence-electron chi connectivity index (χ0n) is 11.1. The van der Waals surface area contributed by atoms with Crippen molar-refractivity contribution in [3.8, 4) is 0 Å². The Kier molecular flexibility index (Phi) is 4.98. The number of aliphatic imine (C=N–C) groups is 1. The Balaban J connectivity index is 1.72. The maximum absolute atomic E-state index is 4.19. The molecule has 19 heavy (non-hydrogen) atoms. The molecule has 0 fully saturated rings. The van der Waals surface area contributed by atoms with Gasteiger partial charge in [0.2, 0.25) is 0 Å². The normalized spacial score (nSPS) is 11.3. The second-order valence-corrected chi connectivity index (χ2v) is 4.11. The lowest BCUT2D eigenvalue weighted by molar-refractivity contribution is 0.597. The molecule has 2 N–H and O–H groups in total. The summed E-state index contributed by atoms with van der Waals surface area (Å²) < 4.78 is 1.89. The number of nitrogens with zero attached hydrogens (tertiary/aromatic N) is 3. The second kappa shape index (κ2) is 7.20. The van der Waals surface area contributed by atoms with Crippen molar-refractivity contribution in [2.75, 3.05) is 13.6 Å². The number of hydrogen-bond donors (Lipinski definition) is 2. The lowest BCUT2D eigenvalue weighted by Crippen LogP contribution is -2.38. The molecule has 1 aromatic heterocycles. The highest BCUT2D eigenvalue weighted by Crippen LogP contribution is 1.96. The van der Waals surface area contributed by atoms with Crippen LogP contribution in [0.2, 0.25) is 0 Å². The Bertz CT molecular complexity index is 490. The highest BCUT2D eigenvalue weighted by atomic mass is 15.3. The van der Waals surface area contributed by atoms with Crippen LogP contribution >= 0.6 is 0 Å². The molecular weight excluding hydrogens is 238 g/mol. The highest BCUT2D eigenvalue weighted by Gasteiger charge is 1.97. The second-order valence-electron chi connectivity index (χ2n) is 4.11. The molecule has 0 amide bonds. The van der Waals surface area contributed by atoms with Gasteiger partial charge in [-0.15, -0.1) is 0 Å². The fourth-order valence-corrected chi connectivity index (χ4v) is 1.72. The van der Waals surface area contributed by atoms with Gasteiger partial charge >= 0.3 is 0 Å². The topological polar surface area (TPSA) is 54.2 Å². The van der Waals surface area contributed by atoms with E-state index < -0.39 is 0 Å². The van der Waals surface area contributed by atoms with E-state index in [4.69, 9.17) is 0 Å². The van der Waals surface area contributed by atoms with E-state index in [-0.39, 0.29) is 0 Å². The van der Waals surface area contributed by atoms with Gasteiger partial charge in [0, 0.05) is 32.5 Å². The van der Waals surface area contributed by atoms with Gasteiger partial charge in [-0.3, -0.25) is 9.67 Å². The van der Waals surface area contributed by atoms with E-state index in [1.54, 1.807) is 13.2 Å². The fraction of sp³-hybridized carbons (Fsp3) is 0.286. The van der Waals surface area contributed by atoms with Crippen molar-refractivity contribution in [3.05, 3.63) is 54.4 Å². The lowest BCUT2D eigenvalue weighted by Gasteiger charge is -2.11. The summed E-state index contributed by atoms with van der Waals surface area (Å²) in [5.74, 6) is 0.802. The zero-order chi connectivity index (χ0) is 13.3. The Morgan fingerprint density at radius 2 is 2.05 bits per heavy atom. The maximum atomic E-state index is 4.19. The van der Waals surface area contributed by atoms with Gasteiger partial charge in [0.1, 0.15) is 0 Å². The third-order valence-electron chi connectivity index (χ3n) is 2.72. The molecule has 2 aromatic rings. The molecule has 0 aliphatic carbocycles. The van der Waals surface area contributed by atoms with E-state index >= 15 is 0 Å². The summed E-state index contributed by atoms with van der Waals surface area (Å²) in [6.45, 7) is 2.37. The minimum absolute atomic E-state index is 0.766. The lowest BCUT2D eigenvalue weighted by atomic mass is 10.2. The number of rotatable bonds is 5. The van der Waals surface area contributed by atoms with Crippen molar-refractivity contribution in [3.63, 3.8) is 0 Å². The number of aromatic nitrogens is 2. The molecule has 0 saturated carbocycles. The molecule has 1 aromatic carbocycles. The quantitative estimate of drug-likeness (QED) is 0.626. The van der Waals surface area contributed by atoms with E-state index in [0.717, 1.165) is 25.6 Å². The average molecular weight is 257 g/mol. The van der Waals surface area contributed by atoms with Crippen molar-refractivity contribution < 1.29 is 0 Å². The SMILES string of the molecule is CN=C(NCCn1cccn1)NCc1ccccc1. The highest BCUT2D eigenvalue weighted by molar-refractivity contribution is 5.79. The predicted octanol–water partition coefficient (Wildman–Crippen LogP) is 1.25. The van der Waals surface area contributed by atoms with Crippen LogP contribution in [0, 0.1) is 0 Å². The molecule has 0 aliphatic rings. The van der Waals surface area contributed by atoms with E-state index in [0.29, 0.717) is 0 Å². The summed E-state index contributed by atoms with van der Waals surface area (Å²) in [4.78, 5) is 4.19. The molecule has 0 unspecified atom stereocenters. The van der Waals surface area contributed by atoms with E-state index in [9.17, 15) is 0 Å². The molecule has 1 heterocycles. The van der Waals surface area contributed by atoms with Crippen molar-refractivity contribution in [1.82, 2.24) is 20.4 Å². The first-order valence-corrected chi connectivity index (χ1v) is 6.34. The van der Waals surface area contributed by atoms with Crippen LogP contribution in [0.4, 0.5) is 0 Å². The molecule has 0 saturated heterocycles. The number of benzene rings is 1. The summed E-state index contributed by atoms with van der Waals surface area (Å²) in [6.07, 6.45) is 3.73. The molecule has 0 atom stereocenters. The van der Waals surface area contributed by atoms with Gasteiger partial charge in [-0.2, -0.15) is 5.10 Å². The van der Waals surface area contributed by atoms with Crippen LogP contribution in [0.15, 0.2) is 53.8 Å². The van der Waals surface area contributed by atoms with Crippen LogP contribution in [-0.2, 0) is 13.1 Å². The van der Waals surface area contributed by atoms with Crippen LogP contribution < -0.4 is 10.6 Å².